The van der Waals surface area contributed by atoms with E-state index >= 15 is 0 Å². The summed E-state index contributed by atoms with van der Waals surface area (Å²) in [7, 11) is 0. The molecule has 0 fully saturated rings. The number of rotatable bonds is 6. The molecule has 0 aliphatic rings. The molecule has 16 heavy (non-hydrogen) atoms. The van der Waals surface area contributed by atoms with E-state index < -0.39 is 0 Å². The van der Waals surface area contributed by atoms with E-state index in [1.807, 2.05) is 11.8 Å². The van der Waals surface area contributed by atoms with Crippen LogP contribution < -0.4 is 11.5 Å². The third-order valence-electron chi connectivity index (χ3n) is 2.81. The Balaban J connectivity index is 2.65. The first-order valence-corrected chi connectivity index (χ1v) is 6.86. The van der Waals surface area contributed by atoms with Crippen LogP contribution in [0.3, 0.4) is 0 Å². The van der Waals surface area contributed by atoms with Crippen LogP contribution in [0.1, 0.15) is 31.9 Å². The number of hydrogen-bond donors (Lipinski definition) is 2. The summed E-state index contributed by atoms with van der Waals surface area (Å²) >= 11 is 1.85. The van der Waals surface area contributed by atoms with Crippen molar-refractivity contribution in [2.45, 2.75) is 31.2 Å². The molecule has 1 aromatic rings. The largest absolute Gasteiger partial charge is 0.330 e. The summed E-state index contributed by atoms with van der Waals surface area (Å²) in [5, 5.41) is 0. The minimum Gasteiger partial charge on any atom is -0.330 e. The van der Waals surface area contributed by atoms with Crippen LogP contribution in [-0.2, 0) is 0 Å². The van der Waals surface area contributed by atoms with Gasteiger partial charge in [-0.15, -0.1) is 11.8 Å². The second kappa shape index (κ2) is 6.94. The summed E-state index contributed by atoms with van der Waals surface area (Å²) in [6.45, 7) is 5.03. The van der Waals surface area contributed by atoms with Crippen LogP contribution in [0.25, 0.3) is 0 Å². The molecule has 0 spiro atoms. The predicted octanol–water partition coefficient (Wildman–Crippen LogP) is 2.78. The van der Waals surface area contributed by atoms with Gasteiger partial charge in [0, 0.05) is 10.9 Å². The van der Waals surface area contributed by atoms with Gasteiger partial charge in [-0.3, -0.25) is 0 Å². The Morgan fingerprint density at radius 3 is 2.38 bits per heavy atom. The highest BCUT2D eigenvalue weighted by atomic mass is 32.2. The summed E-state index contributed by atoms with van der Waals surface area (Å²) in [5.41, 5.74) is 12.9. The highest BCUT2D eigenvalue weighted by molar-refractivity contribution is 7.99. The van der Waals surface area contributed by atoms with Crippen molar-refractivity contribution in [3.63, 3.8) is 0 Å². The fourth-order valence-electron chi connectivity index (χ4n) is 1.72. The molecule has 0 saturated heterocycles. The lowest BCUT2D eigenvalue weighted by atomic mass is 9.93. The van der Waals surface area contributed by atoms with Crippen LogP contribution >= 0.6 is 11.8 Å². The topological polar surface area (TPSA) is 52.0 Å². The molecule has 4 N–H and O–H groups in total. The van der Waals surface area contributed by atoms with E-state index in [0.717, 1.165) is 12.2 Å². The molecule has 0 saturated carbocycles. The Bertz CT molecular complexity index is 297. The van der Waals surface area contributed by atoms with Crippen LogP contribution in [0.2, 0.25) is 0 Å². The summed E-state index contributed by atoms with van der Waals surface area (Å²) in [4.78, 5) is 1.31. The van der Waals surface area contributed by atoms with Gasteiger partial charge >= 0.3 is 0 Å². The van der Waals surface area contributed by atoms with Gasteiger partial charge in [0.05, 0.1) is 0 Å². The lowest BCUT2D eigenvalue weighted by molar-refractivity contribution is 0.444. The van der Waals surface area contributed by atoms with Gasteiger partial charge in [-0.1, -0.05) is 26.0 Å². The minimum atomic E-state index is 0.101. The van der Waals surface area contributed by atoms with Crippen LogP contribution in [0.4, 0.5) is 0 Å². The predicted molar refractivity (Wildman–Crippen MR) is 72.6 cm³/mol. The maximum atomic E-state index is 6.19. The SMILES string of the molecule is CCSc1ccc(C(N)C(C)CCN)cc1. The van der Waals surface area contributed by atoms with Gasteiger partial charge in [-0.25, -0.2) is 0 Å². The van der Waals surface area contributed by atoms with E-state index in [1.54, 1.807) is 0 Å². The Labute approximate surface area is 103 Å². The van der Waals surface area contributed by atoms with Crippen molar-refractivity contribution >= 4 is 11.8 Å². The fraction of sp³-hybridized carbons (Fsp3) is 0.538. The average molecular weight is 238 g/mol. The summed E-state index contributed by atoms with van der Waals surface area (Å²) in [6, 6.07) is 8.67. The lowest BCUT2D eigenvalue weighted by Crippen LogP contribution is -2.21. The molecule has 0 radical (unpaired) electrons. The first-order chi connectivity index (χ1) is 7.69. The highest BCUT2D eigenvalue weighted by Crippen LogP contribution is 2.24. The van der Waals surface area contributed by atoms with E-state index in [4.69, 9.17) is 11.5 Å². The van der Waals surface area contributed by atoms with Gasteiger partial charge in [0.1, 0.15) is 0 Å². The molecule has 2 unspecified atom stereocenters. The quantitative estimate of drug-likeness (QED) is 0.749. The molecule has 2 nitrogen and oxygen atoms in total. The second-order valence-corrected chi connectivity index (χ2v) is 5.42. The van der Waals surface area contributed by atoms with Crippen LogP contribution in [-0.4, -0.2) is 12.3 Å². The van der Waals surface area contributed by atoms with E-state index in [0.29, 0.717) is 12.5 Å². The lowest BCUT2D eigenvalue weighted by Gasteiger charge is -2.19. The molecule has 0 bridgehead atoms. The molecule has 1 aromatic carbocycles. The summed E-state index contributed by atoms with van der Waals surface area (Å²) < 4.78 is 0. The van der Waals surface area contributed by atoms with Crippen molar-refractivity contribution in [3.8, 4) is 0 Å². The van der Waals surface area contributed by atoms with E-state index in [-0.39, 0.29) is 6.04 Å². The Hall–Kier alpha value is -0.510. The molecular weight excluding hydrogens is 216 g/mol. The third kappa shape index (κ3) is 3.81. The van der Waals surface area contributed by atoms with Crippen molar-refractivity contribution in [1.29, 1.82) is 0 Å². The first kappa shape index (κ1) is 13.6. The summed E-state index contributed by atoms with van der Waals surface area (Å²) in [6.07, 6.45) is 0.979. The molecule has 0 aromatic heterocycles. The van der Waals surface area contributed by atoms with Gasteiger partial charge in [0.2, 0.25) is 0 Å². The fourth-order valence-corrected chi connectivity index (χ4v) is 2.39. The minimum absolute atomic E-state index is 0.101. The molecule has 0 amide bonds. The molecule has 0 aliphatic carbocycles. The van der Waals surface area contributed by atoms with Crippen LogP contribution in [0, 0.1) is 5.92 Å². The molecule has 90 valence electrons. The molecule has 2 atom stereocenters. The molecule has 0 aliphatic heterocycles. The molecular formula is C13H22N2S. The monoisotopic (exact) mass is 238 g/mol. The van der Waals surface area contributed by atoms with Crippen molar-refractivity contribution in [3.05, 3.63) is 29.8 Å². The first-order valence-electron chi connectivity index (χ1n) is 5.87. The van der Waals surface area contributed by atoms with Crippen molar-refractivity contribution < 1.29 is 0 Å². The number of nitrogens with two attached hydrogens (primary N) is 2. The number of thioether (sulfide) groups is 1. The maximum Gasteiger partial charge on any atom is 0.0321 e. The van der Waals surface area contributed by atoms with Gasteiger partial charge in [-0.2, -0.15) is 0 Å². The van der Waals surface area contributed by atoms with Gasteiger partial charge in [-0.05, 0) is 42.3 Å². The molecule has 1 rings (SSSR count). The van der Waals surface area contributed by atoms with Crippen LogP contribution in [0.5, 0.6) is 0 Å². The van der Waals surface area contributed by atoms with Gasteiger partial charge < -0.3 is 11.5 Å². The second-order valence-electron chi connectivity index (χ2n) is 4.08. The van der Waals surface area contributed by atoms with Gasteiger partial charge in [0.15, 0.2) is 0 Å². The van der Waals surface area contributed by atoms with E-state index in [9.17, 15) is 0 Å². The van der Waals surface area contributed by atoms with E-state index in [1.165, 1.54) is 10.5 Å². The highest BCUT2D eigenvalue weighted by Gasteiger charge is 2.13. The van der Waals surface area contributed by atoms with Crippen LogP contribution in [0.15, 0.2) is 29.2 Å². The zero-order valence-electron chi connectivity index (χ0n) is 10.1. The zero-order valence-corrected chi connectivity index (χ0v) is 11.0. The third-order valence-corrected chi connectivity index (χ3v) is 3.71. The van der Waals surface area contributed by atoms with Crippen molar-refractivity contribution in [2.24, 2.45) is 17.4 Å². The van der Waals surface area contributed by atoms with Crippen molar-refractivity contribution in [1.82, 2.24) is 0 Å². The summed E-state index contributed by atoms with van der Waals surface area (Å²) in [5.74, 6) is 1.55. The van der Waals surface area contributed by atoms with Gasteiger partial charge in [0.25, 0.3) is 0 Å². The number of hydrogen-bond acceptors (Lipinski definition) is 3. The number of benzene rings is 1. The zero-order chi connectivity index (χ0) is 12.0. The Kier molecular flexibility index (Phi) is 5.88. The standard InChI is InChI=1S/C13H22N2S/c1-3-16-12-6-4-11(5-7-12)13(15)10(2)8-9-14/h4-7,10,13H,3,8-9,14-15H2,1-2H3. The maximum absolute atomic E-state index is 6.19. The molecule has 3 heteroatoms. The average Bonchev–Trinajstić information content (AvgIpc) is 2.30. The normalized spacial score (nSPS) is 14.8. The van der Waals surface area contributed by atoms with Crippen molar-refractivity contribution in [2.75, 3.05) is 12.3 Å². The Morgan fingerprint density at radius 2 is 1.88 bits per heavy atom. The smallest absolute Gasteiger partial charge is 0.0321 e. The Morgan fingerprint density at radius 1 is 1.25 bits per heavy atom. The van der Waals surface area contributed by atoms with E-state index in [2.05, 4.69) is 38.1 Å². The molecule has 0 heterocycles.